The van der Waals surface area contributed by atoms with Gasteiger partial charge in [-0.3, -0.25) is 14.6 Å². The number of pyridine rings is 1. The van der Waals surface area contributed by atoms with E-state index in [0.717, 1.165) is 10.9 Å². The number of aromatic nitrogens is 1. The minimum atomic E-state index is -0.284. The van der Waals surface area contributed by atoms with E-state index in [2.05, 4.69) is 4.98 Å². The average molecular weight is 419 g/mol. The summed E-state index contributed by atoms with van der Waals surface area (Å²) < 4.78 is 11.9. The average Bonchev–Trinajstić information content (AvgIpc) is 3.54. The smallest absolute Gasteiger partial charge is 0.290 e. The van der Waals surface area contributed by atoms with Crippen LogP contribution < -0.4 is 0 Å². The zero-order valence-corrected chi connectivity index (χ0v) is 17.3. The Labute approximate surface area is 180 Å². The highest BCUT2D eigenvalue weighted by molar-refractivity contribution is 5.98. The van der Waals surface area contributed by atoms with Crippen LogP contribution in [0, 0.1) is 5.92 Å². The topological polar surface area (TPSA) is 75.9 Å². The Morgan fingerprint density at radius 1 is 1.16 bits per heavy atom. The summed E-state index contributed by atoms with van der Waals surface area (Å²) in [4.78, 5) is 33.7. The third-order valence-electron chi connectivity index (χ3n) is 5.81. The van der Waals surface area contributed by atoms with Crippen molar-refractivity contribution in [3.8, 4) is 0 Å². The number of benzene rings is 1. The number of carbonyl (C=O) groups excluding carboxylic acids is 2. The van der Waals surface area contributed by atoms with E-state index in [1.54, 1.807) is 28.3 Å². The van der Waals surface area contributed by atoms with Crippen molar-refractivity contribution < 1.29 is 18.7 Å². The molecule has 3 aromatic rings. The number of furan rings is 1. The predicted octanol–water partition coefficient (Wildman–Crippen LogP) is 3.11. The number of hydrogen-bond acceptors (Lipinski definition) is 5. The highest BCUT2D eigenvalue weighted by Crippen LogP contribution is 2.29. The van der Waals surface area contributed by atoms with Gasteiger partial charge in [-0.05, 0) is 42.5 Å². The van der Waals surface area contributed by atoms with Gasteiger partial charge in [-0.2, -0.15) is 0 Å². The van der Waals surface area contributed by atoms with Crippen LogP contribution in [0.15, 0.2) is 59.3 Å². The standard InChI is InChI=1S/C24H25N3O4/c28-23-15-27(24(29)22-10-19-5-1-2-6-21(19)31-22)14-20(30-16-17-7-8-17)13-26(23)12-18-4-3-9-25-11-18/h1-6,9-11,17,20H,7-8,12-16H2/t20-/m0/s1. The zero-order valence-electron chi connectivity index (χ0n) is 17.3. The molecule has 0 unspecified atom stereocenters. The zero-order chi connectivity index (χ0) is 21.2. The Hall–Kier alpha value is -3.19. The SMILES string of the molecule is O=C1CN(C(=O)c2cc3ccccc3o2)C[C@@H](OCC2CC2)CN1Cc1cccnc1. The van der Waals surface area contributed by atoms with Crippen molar-refractivity contribution in [3.63, 3.8) is 0 Å². The molecule has 1 atom stereocenters. The Morgan fingerprint density at radius 2 is 2.03 bits per heavy atom. The first kappa shape index (κ1) is 19.8. The normalized spacial score (nSPS) is 19.6. The summed E-state index contributed by atoms with van der Waals surface area (Å²) in [5.74, 6) is 0.458. The van der Waals surface area contributed by atoms with E-state index >= 15 is 0 Å². The molecule has 7 nitrogen and oxygen atoms in total. The fraction of sp³-hybridized carbons (Fsp3) is 0.375. The second kappa shape index (κ2) is 8.51. The summed E-state index contributed by atoms with van der Waals surface area (Å²) in [6, 6.07) is 13.0. The number of nitrogens with zero attached hydrogens (tertiary/aromatic N) is 3. The van der Waals surface area contributed by atoms with Gasteiger partial charge in [-0.25, -0.2) is 0 Å². The van der Waals surface area contributed by atoms with Gasteiger partial charge in [0.1, 0.15) is 12.1 Å². The summed E-state index contributed by atoms with van der Waals surface area (Å²) in [5, 5.41) is 0.867. The van der Waals surface area contributed by atoms with Gasteiger partial charge >= 0.3 is 0 Å². The number of rotatable bonds is 6. The predicted molar refractivity (Wildman–Crippen MR) is 114 cm³/mol. The molecule has 31 heavy (non-hydrogen) atoms. The first-order valence-corrected chi connectivity index (χ1v) is 10.7. The fourth-order valence-corrected chi connectivity index (χ4v) is 3.90. The maximum Gasteiger partial charge on any atom is 0.290 e. The maximum atomic E-state index is 13.2. The molecule has 160 valence electrons. The molecule has 2 aliphatic rings. The van der Waals surface area contributed by atoms with Crippen molar-refractivity contribution in [1.29, 1.82) is 0 Å². The first-order valence-electron chi connectivity index (χ1n) is 10.7. The van der Waals surface area contributed by atoms with Crippen molar-refractivity contribution in [1.82, 2.24) is 14.8 Å². The van der Waals surface area contributed by atoms with E-state index < -0.39 is 0 Å². The summed E-state index contributed by atoms with van der Waals surface area (Å²) in [7, 11) is 0. The number of hydrogen-bond donors (Lipinski definition) is 0. The van der Waals surface area contributed by atoms with Crippen LogP contribution in [0.2, 0.25) is 0 Å². The summed E-state index contributed by atoms with van der Waals surface area (Å²) in [6.07, 6.45) is 5.61. The number of fused-ring (bicyclic) bond motifs is 1. The molecular weight excluding hydrogens is 394 g/mol. The Bertz CT molecular complexity index is 1040. The molecule has 1 saturated heterocycles. The largest absolute Gasteiger partial charge is 0.451 e. The molecule has 5 rings (SSSR count). The second-order valence-corrected chi connectivity index (χ2v) is 8.37. The van der Waals surface area contributed by atoms with E-state index in [4.69, 9.17) is 9.15 Å². The van der Waals surface area contributed by atoms with Crippen molar-refractivity contribution in [2.24, 2.45) is 5.92 Å². The van der Waals surface area contributed by atoms with Crippen LogP contribution in [0.25, 0.3) is 11.0 Å². The number of ether oxygens (including phenoxy) is 1. The van der Waals surface area contributed by atoms with Gasteiger partial charge in [0.05, 0.1) is 6.10 Å². The molecule has 1 aromatic carbocycles. The van der Waals surface area contributed by atoms with Crippen molar-refractivity contribution in [2.75, 3.05) is 26.2 Å². The summed E-state index contributed by atoms with van der Waals surface area (Å²) in [6.45, 7) is 1.93. The molecule has 3 heterocycles. The Balaban J connectivity index is 1.36. The van der Waals surface area contributed by atoms with Gasteiger partial charge in [0.2, 0.25) is 5.91 Å². The van der Waals surface area contributed by atoms with Crippen LogP contribution >= 0.6 is 0 Å². The van der Waals surface area contributed by atoms with Gasteiger partial charge < -0.3 is 19.0 Å². The van der Waals surface area contributed by atoms with Crippen LogP contribution in [0.4, 0.5) is 0 Å². The Morgan fingerprint density at radius 3 is 2.81 bits per heavy atom. The highest BCUT2D eigenvalue weighted by Gasteiger charge is 2.33. The molecular formula is C24H25N3O4. The van der Waals surface area contributed by atoms with E-state index in [1.165, 1.54) is 12.8 Å². The Kier molecular flexibility index (Phi) is 5.42. The van der Waals surface area contributed by atoms with Crippen molar-refractivity contribution in [2.45, 2.75) is 25.5 Å². The fourth-order valence-electron chi connectivity index (χ4n) is 3.90. The molecule has 2 fully saturated rings. The quantitative estimate of drug-likeness (QED) is 0.614. The molecule has 2 aromatic heterocycles. The van der Waals surface area contributed by atoms with E-state index in [0.29, 0.717) is 37.7 Å². The molecule has 2 amide bonds. The number of carbonyl (C=O) groups is 2. The molecule has 0 bridgehead atoms. The van der Waals surface area contributed by atoms with Gasteiger partial charge in [0.25, 0.3) is 5.91 Å². The molecule has 1 aliphatic heterocycles. The van der Waals surface area contributed by atoms with Crippen molar-refractivity contribution in [3.05, 3.63) is 66.2 Å². The monoisotopic (exact) mass is 419 g/mol. The van der Waals surface area contributed by atoms with Crippen LogP contribution in [0.3, 0.4) is 0 Å². The van der Waals surface area contributed by atoms with Gasteiger partial charge in [0, 0.05) is 44.0 Å². The third kappa shape index (κ3) is 4.61. The number of para-hydroxylation sites is 1. The third-order valence-corrected chi connectivity index (χ3v) is 5.81. The lowest BCUT2D eigenvalue weighted by Crippen LogP contribution is -2.39. The van der Waals surface area contributed by atoms with Gasteiger partial charge in [0.15, 0.2) is 5.76 Å². The molecule has 1 saturated carbocycles. The summed E-state index contributed by atoms with van der Waals surface area (Å²) in [5.41, 5.74) is 1.61. The minimum Gasteiger partial charge on any atom is -0.451 e. The van der Waals surface area contributed by atoms with E-state index in [1.807, 2.05) is 36.4 Å². The molecule has 0 spiro atoms. The van der Waals surface area contributed by atoms with Crippen LogP contribution in [-0.2, 0) is 16.1 Å². The molecule has 0 radical (unpaired) electrons. The van der Waals surface area contributed by atoms with Crippen LogP contribution in [0.1, 0.15) is 29.0 Å². The maximum absolute atomic E-state index is 13.2. The lowest BCUT2D eigenvalue weighted by atomic mass is 10.2. The number of amides is 2. The van der Waals surface area contributed by atoms with Crippen LogP contribution in [0.5, 0.6) is 0 Å². The van der Waals surface area contributed by atoms with Gasteiger partial charge in [-0.1, -0.05) is 24.3 Å². The lowest BCUT2D eigenvalue weighted by molar-refractivity contribution is -0.132. The van der Waals surface area contributed by atoms with Gasteiger partial charge in [-0.15, -0.1) is 0 Å². The second-order valence-electron chi connectivity index (χ2n) is 8.37. The summed E-state index contributed by atoms with van der Waals surface area (Å²) >= 11 is 0. The van der Waals surface area contributed by atoms with E-state index in [-0.39, 0.29) is 30.2 Å². The molecule has 0 N–H and O–H groups in total. The molecule has 1 aliphatic carbocycles. The first-order chi connectivity index (χ1) is 15.2. The highest BCUT2D eigenvalue weighted by atomic mass is 16.5. The minimum absolute atomic E-state index is 0.000566. The molecule has 7 heteroatoms. The van der Waals surface area contributed by atoms with E-state index in [9.17, 15) is 9.59 Å². The van der Waals surface area contributed by atoms with Crippen LogP contribution in [-0.4, -0.2) is 58.9 Å². The van der Waals surface area contributed by atoms with Crippen molar-refractivity contribution >= 4 is 22.8 Å². The lowest BCUT2D eigenvalue weighted by Gasteiger charge is -2.24.